The van der Waals surface area contributed by atoms with Gasteiger partial charge in [0, 0.05) is 13.1 Å². The van der Waals surface area contributed by atoms with E-state index in [1.807, 2.05) is 30.3 Å². The summed E-state index contributed by atoms with van der Waals surface area (Å²) in [5.41, 5.74) is 2.44. The van der Waals surface area contributed by atoms with E-state index in [9.17, 15) is 5.11 Å². The second-order valence-corrected chi connectivity index (χ2v) is 5.95. The van der Waals surface area contributed by atoms with Gasteiger partial charge < -0.3 is 9.84 Å². The average molecular weight is 297 g/mol. The van der Waals surface area contributed by atoms with Crippen molar-refractivity contribution in [3.05, 3.63) is 65.7 Å². The molecule has 22 heavy (non-hydrogen) atoms. The monoisotopic (exact) mass is 297 g/mol. The molecule has 0 bridgehead atoms. The van der Waals surface area contributed by atoms with Crippen molar-refractivity contribution < 1.29 is 9.84 Å². The lowest BCUT2D eigenvalue weighted by atomic mass is 10.1. The van der Waals surface area contributed by atoms with Crippen molar-refractivity contribution >= 4 is 0 Å². The molecule has 3 nitrogen and oxygen atoms in total. The van der Waals surface area contributed by atoms with Crippen molar-refractivity contribution in [2.45, 2.75) is 32.1 Å². The van der Waals surface area contributed by atoms with Gasteiger partial charge in [-0.25, -0.2) is 0 Å². The van der Waals surface area contributed by atoms with E-state index < -0.39 is 0 Å². The molecule has 1 atom stereocenters. The lowest BCUT2D eigenvalue weighted by Gasteiger charge is -2.29. The van der Waals surface area contributed by atoms with Crippen LogP contribution in [-0.2, 0) is 13.2 Å². The smallest absolute Gasteiger partial charge is 0.119 e. The Hall–Kier alpha value is -1.84. The Bertz CT molecular complexity index is 568. The van der Waals surface area contributed by atoms with Gasteiger partial charge in [-0.3, -0.25) is 4.90 Å². The molecule has 0 amide bonds. The van der Waals surface area contributed by atoms with E-state index >= 15 is 0 Å². The van der Waals surface area contributed by atoms with E-state index in [1.165, 1.54) is 11.1 Å². The average Bonchev–Trinajstić information content (AvgIpc) is 2.55. The summed E-state index contributed by atoms with van der Waals surface area (Å²) in [6.45, 7) is 3.35. The first-order valence-corrected chi connectivity index (χ1v) is 7.96. The molecule has 1 fully saturated rings. The van der Waals surface area contributed by atoms with Crippen LogP contribution < -0.4 is 4.74 Å². The molecule has 0 saturated carbocycles. The maximum absolute atomic E-state index is 9.72. The summed E-state index contributed by atoms with van der Waals surface area (Å²) in [5.74, 6) is 0.895. The van der Waals surface area contributed by atoms with E-state index in [0.29, 0.717) is 6.61 Å². The van der Waals surface area contributed by atoms with Crippen LogP contribution in [0.1, 0.15) is 24.0 Å². The molecule has 1 aliphatic heterocycles. The number of likely N-dealkylation sites (tertiary alicyclic amines) is 1. The molecule has 0 aromatic heterocycles. The molecule has 0 radical (unpaired) electrons. The first-order valence-electron chi connectivity index (χ1n) is 7.96. The number of rotatable bonds is 5. The van der Waals surface area contributed by atoms with E-state index in [0.717, 1.165) is 38.2 Å². The summed E-state index contributed by atoms with van der Waals surface area (Å²) in [4.78, 5) is 2.31. The number of aliphatic hydroxyl groups excluding tert-OH is 1. The number of piperidine rings is 1. The fourth-order valence-corrected chi connectivity index (χ4v) is 2.86. The third-order valence-electron chi connectivity index (χ3n) is 4.06. The van der Waals surface area contributed by atoms with Gasteiger partial charge >= 0.3 is 0 Å². The molecule has 2 aromatic rings. The molecule has 2 aromatic carbocycles. The molecule has 116 valence electrons. The van der Waals surface area contributed by atoms with Crippen molar-refractivity contribution in [3.63, 3.8) is 0 Å². The summed E-state index contributed by atoms with van der Waals surface area (Å²) in [7, 11) is 0. The first-order chi connectivity index (χ1) is 10.8. The Kier molecular flexibility index (Phi) is 5.09. The van der Waals surface area contributed by atoms with Gasteiger partial charge in [0.1, 0.15) is 12.4 Å². The van der Waals surface area contributed by atoms with Gasteiger partial charge in [0.05, 0.1) is 6.10 Å². The highest BCUT2D eigenvalue weighted by Crippen LogP contribution is 2.17. The van der Waals surface area contributed by atoms with Crippen LogP contribution in [0.15, 0.2) is 54.6 Å². The Morgan fingerprint density at radius 2 is 1.77 bits per heavy atom. The number of nitrogens with zero attached hydrogens (tertiary/aromatic N) is 1. The minimum atomic E-state index is -0.165. The molecular formula is C19H23NO2. The second-order valence-electron chi connectivity index (χ2n) is 5.95. The van der Waals surface area contributed by atoms with Crippen LogP contribution in [0.2, 0.25) is 0 Å². The largest absolute Gasteiger partial charge is 0.489 e. The molecular weight excluding hydrogens is 274 g/mol. The SMILES string of the molecule is O[C@@H]1CCCN(Cc2ccc(OCc3ccccc3)cc2)C1. The van der Waals surface area contributed by atoms with E-state index in [-0.39, 0.29) is 6.10 Å². The van der Waals surface area contributed by atoms with Gasteiger partial charge in [-0.2, -0.15) is 0 Å². The fourth-order valence-electron chi connectivity index (χ4n) is 2.86. The molecule has 3 rings (SSSR count). The van der Waals surface area contributed by atoms with Gasteiger partial charge in [-0.05, 0) is 42.6 Å². The molecule has 1 aliphatic rings. The van der Waals surface area contributed by atoms with E-state index in [2.05, 4.69) is 29.2 Å². The topological polar surface area (TPSA) is 32.7 Å². The van der Waals surface area contributed by atoms with Gasteiger partial charge in [-0.15, -0.1) is 0 Å². The van der Waals surface area contributed by atoms with Crippen molar-refractivity contribution in [3.8, 4) is 5.75 Å². The zero-order chi connectivity index (χ0) is 15.2. The van der Waals surface area contributed by atoms with Crippen molar-refractivity contribution in [1.29, 1.82) is 0 Å². The molecule has 1 N–H and O–H groups in total. The highest BCUT2D eigenvalue weighted by molar-refractivity contribution is 5.27. The zero-order valence-electron chi connectivity index (χ0n) is 12.8. The van der Waals surface area contributed by atoms with Crippen LogP contribution in [0.3, 0.4) is 0 Å². The third kappa shape index (κ3) is 4.33. The lowest BCUT2D eigenvalue weighted by Crippen LogP contribution is -2.37. The molecule has 1 heterocycles. The minimum absolute atomic E-state index is 0.165. The standard InChI is InChI=1S/C19H23NO2/c21-18-7-4-12-20(14-18)13-16-8-10-19(11-9-16)22-15-17-5-2-1-3-6-17/h1-3,5-6,8-11,18,21H,4,7,12-15H2/t18-/m1/s1. The summed E-state index contributed by atoms with van der Waals surface area (Å²) in [5, 5.41) is 9.72. The predicted octanol–water partition coefficient (Wildman–Crippen LogP) is 3.22. The van der Waals surface area contributed by atoms with Gasteiger partial charge in [0.2, 0.25) is 0 Å². The highest BCUT2D eigenvalue weighted by atomic mass is 16.5. The summed E-state index contributed by atoms with van der Waals surface area (Å²) >= 11 is 0. The molecule has 0 spiro atoms. The molecule has 0 aliphatic carbocycles. The van der Waals surface area contributed by atoms with Crippen molar-refractivity contribution in [1.82, 2.24) is 4.90 Å². The van der Waals surface area contributed by atoms with Crippen LogP contribution in [0.5, 0.6) is 5.75 Å². The fraction of sp³-hybridized carbons (Fsp3) is 0.368. The number of ether oxygens (including phenoxy) is 1. The quantitative estimate of drug-likeness (QED) is 0.920. The number of hydrogen-bond acceptors (Lipinski definition) is 3. The maximum Gasteiger partial charge on any atom is 0.119 e. The van der Waals surface area contributed by atoms with Crippen molar-refractivity contribution in [2.75, 3.05) is 13.1 Å². The number of benzene rings is 2. The van der Waals surface area contributed by atoms with Gasteiger partial charge in [0.25, 0.3) is 0 Å². The summed E-state index contributed by atoms with van der Waals surface area (Å²) < 4.78 is 5.80. The van der Waals surface area contributed by atoms with Crippen molar-refractivity contribution in [2.24, 2.45) is 0 Å². The molecule has 3 heteroatoms. The Morgan fingerprint density at radius 3 is 2.50 bits per heavy atom. The van der Waals surface area contributed by atoms with E-state index in [1.54, 1.807) is 0 Å². The Morgan fingerprint density at radius 1 is 1.00 bits per heavy atom. The lowest BCUT2D eigenvalue weighted by molar-refractivity contribution is 0.0668. The normalized spacial score (nSPS) is 19.0. The minimum Gasteiger partial charge on any atom is -0.489 e. The van der Waals surface area contributed by atoms with Crippen LogP contribution in [0, 0.1) is 0 Å². The molecule has 0 unspecified atom stereocenters. The number of β-amino-alcohol motifs (C(OH)–C–C–N with tert-alkyl or cyclic N) is 1. The zero-order valence-corrected chi connectivity index (χ0v) is 12.8. The maximum atomic E-state index is 9.72. The Balaban J connectivity index is 1.51. The molecule has 1 saturated heterocycles. The van der Waals surface area contributed by atoms with Gasteiger partial charge in [0.15, 0.2) is 0 Å². The van der Waals surface area contributed by atoms with Crippen LogP contribution in [0.25, 0.3) is 0 Å². The number of hydrogen-bond donors (Lipinski definition) is 1. The van der Waals surface area contributed by atoms with Crippen LogP contribution >= 0.6 is 0 Å². The first kappa shape index (κ1) is 15.1. The van der Waals surface area contributed by atoms with Crippen LogP contribution in [-0.4, -0.2) is 29.2 Å². The highest BCUT2D eigenvalue weighted by Gasteiger charge is 2.17. The van der Waals surface area contributed by atoms with E-state index in [4.69, 9.17) is 4.74 Å². The third-order valence-corrected chi connectivity index (χ3v) is 4.06. The number of aliphatic hydroxyl groups is 1. The van der Waals surface area contributed by atoms with Crippen LogP contribution in [0.4, 0.5) is 0 Å². The summed E-state index contributed by atoms with van der Waals surface area (Å²) in [6, 6.07) is 18.5. The predicted molar refractivity (Wildman–Crippen MR) is 87.7 cm³/mol. The Labute approximate surface area is 132 Å². The summed E-state index contributed by atoms with van der Waals surface area (Å²) in [6.07, 6.45) is 1.85. The van der Waals surface area contributed by atoms with Gasteiger partial charge in [-0.1, -0.05) is 42.5 Å². The second kappa shape index (κ2) is 7.43.